The molecule has 4 N–H and O–H groups in total. The van der Waals surface area contributed by atoms with E-state index in [2.05, 4.69) is 29.9 Å². The molecular weight excluding hydrogens is 298 g/mol. The van der Waals surface area contributed by atoms with Crippen LogP contribution in [0.1, 0.15) is 23.0 Å². The topological polar surface area (TPSA) is 144 Å². The van der Waals surface area contributed by atoms with Gasteiger partial charge in [0.15, 0.2) is 5.54 Å². The van der Waals surface area contributed by atoms with E-state index in [0.717, 1.165) is 0 Å². The van der Waals surface area contributed by atoms with Gasteiger partial charge in [0.05, 0.1) is 23.6 Å². The Bertz CT molecular complexity index is 779. The number of rotatable bonds is 5. The Hall–Kier alpha value is -3.20. The molecule has 2 atom stereocenters. The van der Waals surface area contributed by atoms with Crippen molar-refractivity contribution < 1.29 is 9.90 Å². The zero-order valence-electron chi connectivity index (χ0n) is 11.9. The van der Waals surface area contributed by atoms with Crippen molar-refractivity contribution in [3.05, 3.63) is 66.8 Å². The summed E-state index contributed by atoms with van der Waals surface area (Å²) in [5, 5.41) is 9.85. The summed E-state index contributed by atoms with van der Waals surface area (Å²) in [7, 11) is 0. The number of hydrogen-bond donors (Lipinski definition) is 3. The maximum atomic E-state index is 12.1. The first-order valence-corrected chi connectivity index (χ1v) is 6.67. The molecule has 0 saturated carbocycles. The number of aliphatic carboxylic acids is 1. The summed E-state index contributed by atoms with van der Waals surface area (Å²) in [4.78, 5) is 34.8. The molecule has 0 amide bonds. The molecule has 9 nitrogen and oxygen atoms in total. The summed E-state index contributed by atoms with van der Waals surface area (Å²) in [5.74, 6) is -2.07. The van der Waals surface area contributed by atoms with Crippen LogP contribution in [-0.4, -0.2) is 41.0 Å². The Morgan fingerprint density at radius 1 is 1.17 bits per heavy atom. The molecule has 0 saturated heterocycles. The molecule has 3 rings (SSSR count). The van der Waals surface area contributed by atoms with Crippen molar-refractivity contribution in [1.29, 1.82) is 0 Å². The van der Waals surface area contributed by atoms with Crippen LogP contribution in [0.5, 0.6) is 0 Å². The number of aromatic amines is 1. The predicted octanol–water partition coefficient (Wildman–Crippen LogP) is 0.0604. The van der Waals surface area contributed by atoms with Crippen molar-refractivity contribution in [3.8, 4) is 0 Å². The first-order valence-electron chi connectivity index (χ1n) is 6.67. The minimum absolute atomic E-state index is 0.165. The maximum Gasteiger partial charge on any atom is 0.331 e. The molecule has 3 aromatic heterocycles. The fraction of sp³-hybridized carbons (Fsp3) is 0.143. The second-order valence-electron chi connectivity index (χ2n) is 4.84. The van der Waals surface area contributed by atoms with Crippen LogP contribution < -0.4 is 5.73 Å². The number of imidazole rings is 1. The average Bonchev–Trinajstić information content (AvgIpc) is 3.10. The van der Waals surface area contributed by atoms with Gasteiger partial charge in [-0.1, -0.05) is 0 Å². The van der Waals surface area contributed by atoms with Crippen molar-refractivity contribution >= 4 is 5.97 Å². The Morgan fingerprint density at radius 2 is 1.91 bits per heavy atom. The van der Waals surface area contributed by atoms with E-state index in [9.17, 15) is 9.90 Å². The molecule has 0 aliphatic rings. The molecule has 0 bridgehead atoms. The summed E-state index contributed by atoms with van der Waals surface area (Å²) in [6.45, 7) is 0. The lowest BCUT2D eigenvalue weighted by atomic mass is 9.77. The summed E-state index contributed by atoms with van der Waals surface area (Å²) in [5.41, 5.74) is 5.58. The predicted molar refractivity (Wildman–Crippen MR) is 78.0 cm³/mol. The standard InChI is InChI=1S/C14H13N7O2/c15-14(13(22)23,11-2-4-17-7-21-11)12(10-5-18-8-20-10)9-1-3-16-6-19-9/h1-8,12H,15H2,(H,18,20)(H,22,23). The highest BCUT2D eigenvalue weighted by molar-refractivity contribution is 5.82. The molecule has 0 fully saturated rings. The van der Waals surface area contributed by atoms with E-state index in [0.29, 0.717) is 11.4 Å². The quantitative estimate of drug-likeness (QED) is 0.600. The molecule has 0 radical (unpaired) electrons. The van der Waals surface area contributed by atoms with Gasteiger partial charge in [-0.25, -0.2) is 29.7 Å². The highest BCUT2D eigenvalue weighted by Crippen LogP contribution is 2.37. The van der Waals surface area contributed by atoms with Crippen LogP contribution >= 0.6 is 0 Å². The summed E-state index contributed by atoms with van der Waals surface area (Å²) in [6.07, 6.45) is 8.51. The van der Waals surface area contributed by atoms with Gasteiger partial charge in [0.25, 0.3) is 0 Å². The molecule has 3 heterocycles. The molecule has 0 spiro atoms. The van der Waals surface area contributed by atoms with Gasteiger partial charge in [-0.05, 0) is 12.1 Å². The molecule has 23 heavy (non-hydrogen) atoms. The van der Waals surface area contributed by atoms with Crippen LogP contribution in [0.4, 0.5) is 0 Å². The fourth-order valence-corrected chi connectivity index (χ4v) is 2.45. The van der Waals surface area contributed by atoms with Crippen LogP contribution in [0.15, 0.2) is 49.7 Å². The molecule has 3 aromatic rings. The first kappa shape index (κ1) is 14.7. The second-order valence-corrected chi connectivity index (χ2v) is 4.84. The molecule has 9 heteroatoms. The van der Waals surface area contributed by atoms with E-state index in [-0.39, 0.29) is 5.69 Å². The Morgan fingerprint density at radius 3 is 2.43 bits per heavy atom. The normalized spacial score (nSPS) is 14.8. The zero-order chi connectivity index (χ0) is 16.3. The van der Waals surface area contributed by atoms with E-state index in [1.807, 2.05) is 0 Å². The van der Waals surface area contributed by atoms with Crippen LogP contribution in [0.3, 0.4) is 0 Å². The number of nitrogens with two attached hydrogens (primary N) is 1. The Labute approximate surface area is 130 Å². The highest BCUT2D eigenvalue weighted by Gasteiger charge is 2.48. The number of carboxylic acids is 1. The van der Waals surface area contributed by atoms with E-state index in [1.54, 1.807) is 6.07 Å². The van der Waals surface area contributed by atoms with Crippen LogP contribution in [0, 0.1) is 0 Å². The first-order chi connectivity index (χ1) is 11.1. The minimum Gasteiger partial charge on any atom is -0.480 e. The lowest BCUT2D eigenvalue weighted by Gasteiger charge is -2.31. The summed E-state index contributed by atoms with van der Waals surface area (Å²) >= 11 is 0. The number of carbonyl (C=O) groups is 1. The van der Waals surface area contributed by atoms with Crippen LogP contribution in [0.25, 0.3) is 0 Å². The lowest BCUT2D eigenvalue weighted by Crippen LogP contribution is -2.51. The van der Waals surface area contributed by atoms with Gasteiger partial charge in [-0.3, -0.25) is 0 Å². The van der Waals surface area contributed by atoms with Gasteiger partial charge < -0.3 is 15.8 Å². The van der Waals surface area contributed by atoms with Gasteiger partial charge in [-0.2, -0.15) is 0 Å². The van der Waals surface area contributed by atoms with Gasteiger partial charge in [0.2, 0.25) is 0 Å². The molecule has 0 aliphatic heterocycles. The smallest absolute Gasteiger partial charge is 0.331 e. The SMILES string of the molecule is NC(C(=O)O)(c1ccncn1)C(c1ccncn1)c1cnc[nH]1. The van der Waals surface area contributed by atoms with Crippen molar-refractivity contribution in [2.75, 3.05) is 0 Å². The van der Waals surface area contributed by atoms with Gasteiger partial charge in [0.1, 0.15) is 12.7 Å². The van der Waals surface area contributed by atoms with Gasteiger partial charge >= 0.3 is 5.97 Å². The largest absolute Gasteiger partial charge is 0.480 e. The second kappa shape index (κ2) is 5.89. The van der Waals surface area contributed by atoms with E-state index in [4.69, 9.17) is 5.73 Å². The average molecular weight is 311 g/mol. The maximum absolute atomic E-state index is 12.1. The molecule has 2 unspecified atom stereocenters. The van der Waals surface area contributed by atoms with Crippen molar-refractivity contribution in [2.45, 2.75) is 11.5 Å². The van der Waals surface area contributed by atoms with E-state index >= 15 is 0 Å². The summed E-state index contributed by atoms with van der Waals surface area (Å²) < 4.78 is 0. The number of nitrogens with zero attached hydrogens (tertiary/aromatic N) is 5. The van der Waals surface area contributed by atoms with E-state index < -0.39 is 17.4 Å². The van der Waals surface area contributed by atoms with Crippen molar-refractivity contribution in [3.63, 3.8) is 0 Å². The number of aromatic nitrogens is 6. The van der Waals surface area contributed by atoms with Crippen LogP contribution in [0.2, 0.25) is 0 Å². The fourth-order valence-electron chi connectivity index (χ4n) is 2.45. The molecular formula is C14H13N7O2. The molecule has 0 aromatic carbocycles. The van der Waals surface area contributed by atoms with Crippen molar-refractivity contribution in [1.82, 2.24) is 29.9 Å². The molecule has 0 aliphatic carbocycles. The van der Waals surface area contributed by atoms with E-state index in [1.165, 1.54) is 43.6 Å². The minimum atomic E-state index is -1.86. The Balaban J connectivity index is 2.23. The monoisotopic (exact) mass is 311 g/mol. The zero-order valence-corrected chi connectivity index (χ0v) is 11.9. The summed E-state index contributed by atoms with van der Waals surface area (Å²) in [6, 6.07) is 3.08. The van der Waals surface area contributed by atoms with Crippen LogP contribution in [-0.2, 0) is 10.3 Å². The third kappa shape index (κ3) is 2.53. The number of nitrogens with one attached hydrogen (secondary N) is 1. The number of hydrogen-bond acceptors (Lipinski definition) is 7. The highest BCUT2D eigenvalue weighted by atomic mass is 16.4. The Kier molecular flexibility index (Phi) is 3.77. The van der Waals surface area contributed by atoms with Gasteiger partial charge in [-0.15, -0.1) is 0 Å². The molecule has 116 valence electrons. The van der Waals surface area contributed by atoms with Gasteiger partial charge in [0, 0.05) is 24.3 Å². The third-order valence-electron chi connectivity index (χ3n) is 3.55. The van der Waals surface area contributed by atoms with Crippen molar-refractivity contribution in [2.24, 2.45) is 5.73 Å². The third-order valence-corrected chi connectivity index (χ3v) is 3.55. The number of carboxylic acid groups (broad SMARTS) is 1. The number of H-pyrrole nitrogens is 1. The lowest BCUT2D eigenvalue weighted by molar-refractivity contribution is -0.144.